The van der Waals surface area contributed by atoms with Gasteiger partial charge in [0.2, 0.25) is 11.8 Å². The van der Waals surface area contributed by atoms with Crippen LogP contribution in [0.4, 0.5) is 0 Å². The van der Waals surface area contributed by atoms with E-state index in [1.807, 2.05) is 11.8 Å². The predicted octanol–water partition coefficient (Wildman–Crippen LogP) is 1.93. The van der Waals surface area contributed by atoms with Gasteiger partial charge in [-0.3, -0.25) is 14.5 Å². The Hall–Kier alpha value is -0.550. The molecule has 1 atom stereocenters. The molecular formula is C15H24N2O2S. The number of likely N-dealkylation sites (tertiary alicyclic amines) is 1. The summed E-state index contributed by atoms with van der Waals surface area (Å²) in [6, 6.07) is -0.0901. The number of amides is 2. The number of rotatable bonds is 5. The van der Waals surface area contributed by atoms with Gasteiger partial charge in [0, 0.05) is 17.3 Å². The minimum atomic E-state index is -0.271. The largest absolute Gasteiger partial charge is 0.304 e. The van der Waals surface area contributed by atoms with E-state index in [0.717, 1.165) is 32.2 Å². The summed E-state index contributed by atoms with van der Waals surface area (Å²) in [7, 11) is 0. The van der Waals surface area contributed by atoms with Gasteiger partial charge in [0.15, 0.2) is 0 Å². The third-order valence-electron chi connectivity index (χ3n) is 5.24. The zero-order chi connectivity index (χ0) is 14.2. The molecule has 0 radical (unpaired) electrons. The van der Waals surface area contributed by atoms with E-state index in [1.54, 1.807) is 4.90 Å². The van der Waals surface area contributed by atoms with Crippen molar-refractivity contribution < 1.29 is 9.59 Å². The minimum absolute atomic E-state index is 0.0254. The molecule has 0 aromatic heterocycles. The lowest BCUT2D eigenvalue weighted by molar-refractivity contribution is -0.141. The van der Waals surface area contributed by atoms with Crippen LogP contribution in [0.1, 0.15) is 51.4 Å². The lowest BCUT2D eigenvalue weighted by atomic mass is 9.84. The fourth-order valence-corrected chi connectivity index (χ4v) is 4.61. The molecule has 0 bridgehead atoms. The smallest absolute Gasteiger partial charge is 0.247 e. The molecule has 1 N–H and O–H groups in total. The molecule has 2 amide bonds. The van der Waals surface area contributed by atoms with E-state index in [-0.39, 0.29) is 23.9 Å². The van der Waals surface area contributed by atoms with Gasteiger partial charge in [-0.15, -0.1) is 0 Å². The monoisotopic (exact) mass is 296 g/mol. The first-order valence-electron chi connectivity index (χ1n) is 7.80. The molecule has 1 heterocycles. The van der Waals surface area contributed by atoms with Gasteiger partial charge >= 0.3 is 0 Å². The molecule has 20 heavy (non-hydrogen) atoms. The number of carbonyl (C=O) groups is 2. The van der Waals surface area contributed by atoms with Gasteiger partial charge < -0.3 is 5.32 Å². The van der Waals surface area contributed by atoms with Crippen LogP contribution in [0.5, 0.6) is 0 Å². The highest BCUT2D eigenvalue weighted by Gasteiger charge is 2.44. The van der Waals surface area contributed by atoms with Gasteiger partial charge in [-0.1, -0.05) is 19.3 Å². The highest BCUT2D eigenvalue weighted by Crippen LogP contribution is 2.42. The zero-order valence-corrected chi connectivity index (χ0v) is 13.0. The second-order valence-electron chi connectivity index (χ2n) is 6.42. The number of imide groups is 1. The molecule has 5 heteroatoms. The molecule has 3 fully saturated rings. The Morgan fingerprint density at radius 1 is 1.25 bits per heavy atom. The Bertz CT molecular complexity index is 397. The fourth-order valence-electron chi connectivity index (χ4n) is 3.69. The average molecular weight is 296 g/mol. The van der Waals surface area contributed by atoms with Crippen LogP contribution >= 0.6 is 11.8 Å². The molecule has 3 rings (SSSR count). The highest BCUT2D eigenvalue weighted by molar-refractivity contribution is 8.00. The van der Waals surface area contributed by atoms with Gasteiger partial charge in [-0.25, -0.2) is 0 Å². The first-order chi connectivity index (χ1) is 9.65. The number of hydrogen-bond donors (Lipinski definition) is 1. The maximum absolute atomic E-state index is 12.5. The summed E-state index contributed by atoms with van der Waals surface area (Å²) in [6.07, 6.45) is 10.5. The number of nitrogens with one attached hydrogen (secondary N) is 1. The number of nitrogens with zero attached hydrogens (tertiary/aromatic N) is 1. The van der Waals surface area contributed by atoms with Crippen LogP contribution in [-0.4, -0.2) is 46.3 Å². The third kappa shape index (κ3) is 2.50. The molecule has 1 saturated heterocycles. The van der Waals surface area contributed by atoms with Crippen molar-refractivity contribution in [3.63, 3.8) is 0 Å². The highest BCUT2D eigenvalue weighted by atomic mass is 32.2. The summed E-state index contributed by atoms with van der Waals surface area (Å²) < 4.78 is 0.310. The Labute approximate surface area is 125 Å². The summed E-state index contributed by atoms with van der Waals surface area (Å²) in [5.41, 5.74) is 0. The van der Waals surface area contributed by atoms with E-state index in [9.17, 15) is 9.59 Å². The molecule has 1 unspecified atom stereocenters. The van der Waals surface area contributed by atoms with Crippen LogP contribution < -0.4 is 5.32 Å². The van der Waals surface area contributed by atoms with E-state index in [1.165, 1.54) is 19.3 Å². The van der Waals surface area contributed by atoms with Gasteiger partial charge in [0.25, 0.3) is 0 Å². The lowest BCUT2D eigenvalue weighted by Crippen LogP contribution is -2.49. The van der Waals surface area contributed by atoms with Gasteiger partial charge in [0.05, 0.1) is 12.5 Å². The topological polar surface area (TPSA) is 49.4 Å². The SMILES string of the molecule is CSC1(CNC2CC(=O)N(C3CCCC3)C2=O)CCC1. The third-order valence-corrected chi connectivity index (χ3v) is 6.66. The van der Waals surface area contributed by atoms with Crippen molar-refractivity contribution in [2.45, 2.75) is 68.2 Å². The molecule has 112 valence electrons. The Kier molecular flexibility index (Phi) is 4.09. The van der Waals surface area contributed by atoms with Crippen molar-refractivity contribution in [2.75, 3.05) is 12.8 Å². The normalized spacial score (nSPS) is 30.1. The Morgan fingerprint density at radius 3 is 2.50 bits per heavy atom. The van der Waals surface area contributed by atoms with Gasteiger partial charge in [-0.05, 0) is 31.9 Å². The Morgan fingerprint density at radius 2 is 1.95 bits per heavy atom. The maximum Gasteiger partial charge on any atom is 0.247 e. The number of hydrogen-bond acceptors (Lipinski definition) is 4. The summed E-state index contributed by atoms with van der Waals surface area (Å²) in [5.74, 6) is 0.0590. The zero-order valence-electron chi connectivity index (χ0n) is 12.2. The number of thioether (sulfide) groups is 1. The van der Waals surface area contributed by atoms with Gasteiger partial charge in [0.1, 0.15) is 0 Å². The van der Waals surface area contributed by atoms with E-state index < -0.39 is 0 Å². The van der Waals surface area contributed by atoms with Crippen LogP contribution in [0.3, 0.4) is 0 Å². The quantitative estimate of drug-likeness (QED) is 0.788. The van der Waals surface area contributed by atoms with Crippen LogP contribution in [0.2, 0.25) is 0 Å². The van der Waals surface area contributed by atoms with Crippen LogP contribution in [0.25, 0.3) is 0 Å². The molecule has 0 spiro atoms. The van der Waals surface area contributed by atoms with E-state index >= 15 is 0 Å². The second-order valence-corrected chi connectivity index (χ2v) is 7.69. The summed E-state index contributed by atoms with van der Waals surface area (Å²) in [6.45, 7) is 0.857. The summed E-state index contributed by atoms with van der Waals surface area (Å²) >= 11 is 1.90. The Balaban J connectivity index is 1.58. The van der Waals surface area contributed by atoms with Crippen LogP contribution in [-0.2, 0) is 9.59 Å². The standard InChI is InChI=1S/C15H24N2O2S/c1-20-15(7-4-8-15)10-16-12-9-13(18)17(14(12)19)11-5-2-3-6-11/h11-12,16H,2-10H2,1H3. The van der Waals surface area contributed by atoms with E-state index in [4.69, 9.17) is 0 Å². The first-order valence-corrected chi connectivity index (χ1v) is 9.02. The summed E-state index contributed by atoms with van der Waals surface area (Å²) in [5, 5.41) is 3.38. The molecule has 2 saturated carbocycles. The van der Waals surface area contributed by atoms with Gasteiger partial charge in [-0.2, -0.15) is 11.8 Å². The average Bonchev–Trinajstić information content (AvgIpc) is 2.98. The van der Waals surface area contributed by atoms with Crippen LogP contribution in [0.15, 0.2) is 0 Å². The van der Waals surface area contributed by atoms with E-state index in [0.29, 0.717) is 11.2 Å². The molecular weight excluding hydrogens is 272 g/mol. The van der Waals surface area contributed by atoms with Crippen molar-refractivity contribution in [3.8, 4) is 0 Å². The van der Waals surface area contributed by atoms with Crippen molar-refractivity contribution in [3.05, 3.63) is 0 Å². The number of carbonyl (C=O) groups excluding carboxylic acids is 2. The molecule has 3 aliphatic rings. The molecule has 1 aliphatic heterocycles. The second kappa shape index (κ2) is 5.68. The molecule has 0 aromatic carbocycles. The van der Waals surface area contributed by atoms with Crippen molar-refractivity contribution in [2.24, 2.45) is 0 Å². The first kappa shape index (κ1) is 14.4. The minimum Gasteiger partial charge on any atom is -0.304 e. The molecule has 2 aliphatic carbocycles. The van der Waals surface area contributed by atoms with Crippen LogP contribution in [0, 0.1) is 0 Å². The van der Waals surface area contributed by atoms with Crippen molar-refractivity contribution >= 4 is 23.6 Å². The predicted molar refractivity (Wildman–Crippen MR) is 80.6 cm³/mol. The van der Waals surface area contributed by atoms with Crippen molar-refractivity contribution in [1.82, 2.24) is 10.2 Å². The lowest BCUT2D eigenvalue weighted by Gasteiger charge is -2.41. The van der Waals surface area contributed by atoms with E-state index in [2.05, 4.69) is 11.6 Å². The van der Waals surface area contributed by atoms with Crippen molar-refractivity contribution in [1.29, 1.82) is 0 Å². The molecule has 0 aromatic rings. The molecule has 4 nitrogen and oxygen atoms in total. The fraction of sp³-hybridized carbons (Fsp3) is 0.867. The summed E-state index contributed by atoms with van der Waals surface area (Å²) in [4.78, 5) is 26.1. The maximum atomic E-state index is 12.5.